The van der Waals surface area contributed by atoms with Gasteiger partial charge in [-0.1, -0.05) is 18.2 Å². The monoisotopic (exact) mass is 268 g/mol. The molecule has 0 radical (unpaired) electrons. The van der Waals surface area contributed by atoms with Crippen LogP contribution < -0.4 is 0 Å². The number of halogens is 3. The molecule has 0 fully saturated rings. The minimum absolute atomic E-state index is 0.0806. The molecule has 0 spiro atoms. The van der Waals surface area contributed by atoms with Crippen molar-refractivity contribution in [2.45, 2.75) is 18.7 Å². The highest BCUT2D eigenvalue weighted by Gasteiger charge is 2.30. The van der Waals surface area contributed by atoms with Crippen molar-refractivity contribution in [3.05, 3.63) is 59.7 Å². The Kier molecular flexibility index (Phi) is 3.80. The number of rotatable bonds is 3. The molecular weight excluding hydrogens is 257 g/mol. The van der Waals surface area contributed by atoms with Crippen LogP contribution in [-0.4, -0.2) is 15.1 Å². The molecule has 1 unspecified atom stereocenters. The molecular formula is C13H11F3N2O. The van der Waals surface area contributed by atoms with E-state index in [1.54, 1.807) is 6.07 Å². The molecule has 0 bridgehead atoms. The summed E-state index contributed by atoms with van der Waals surface area (Å²) in [5.41, 5.74) is 0.160. The zero-order valence-corrected chi connectivity index (χ0v) is 9.80. The Balaban J connectivity index is 2.16. The molecule has 100 valence electrons. The van der Waals surface area contributed by atoms with Gasteiger partial charge in [0.2, 0.25) is 0 Å². The predicted octanol–water partition coefficient (Wildman–Crippen LogP) is 2.77. The van der Waals surface area contributed by atoms with Crippen molar-refractivity contribution in [2.24, 2.45) is 0 Å². The van der Waals surface area contributed by atoms with Gasteiger partial charge in [-0.15, -0.1) is 0 Å². The van der Waals surface area contributed by atoms with Gasteiger partial charge in [0.15, 0.2) is 0 Å². The van der Waals surface area contributed by atoms with E-state index in [0.717, 1.165) is 12.1 Å². The molecule has 6 heteroatoms. The van der Waals surface area contributed by atoms with Crippen molar-refractivity contribution in [1.82, 2.24) is 9.97 Å². The maximum atomic E-state index is 12.5. The molecule has 1 N–H and O–H groups in total. The molecule has 0 saturated heterocycles. The van der Waals surface area contributed by atoms with Crippen LogP contribution in [0.5, 0.6) is 0 Å². The Bertz CT molecular complexity index is 543. The van der Waals surface area contributed by atoms with Crippen molar-refractivity contribution in [2.75, 3.05) is 0 Å². The Morgan fingerprint density at radius 1 is 1.16 bits per heavy atom. The standard InChI is InChI=1S/C13H11F3N2O/c14-13(15,16)11-3-1-2-9(4-11)5-12(19)10-6-17-8-18-7-10/h1-4,6-8,12,19H,5H2. The molecule has 1 atom stereocenters. The lowest BCUT2D eigenvalue weighted by Gasteiger charge is -2.12. The molecule has 1 aromatic heterocycles. The first kappa shape index (κ1) is 13.5. The average molecular weight is 268 g/mol. The highest BCUT2D eigenvalue weighted by Crippen LogP contribution is 2.30. The first-order chi connectivity index (χ1) is 8.97. The zero-order chi connectivity index (χ0) is 13.9. The maximum Gasteiger partial charge on any atom is 0.416 e. The van der Waals surface area contributed by atoms with E-state index in [0.29, 0.717) is 11.1 Å². The van der Waals surface area contributed by atoms with Crippen molar-refractivity contribution < 1.29 is 18.3 Å². The Labute approximate surface area is 107 Å². The minimum atomic E-state index is -4.38. The second-order valence-corrected chi connectivity index (χ2v) is 4.09. The molecule has 2 aromatic rings. The second-order valence-electron chi connectivity index (χ2n) is 4.09. The summed E-state index contributed by atoms with van der Waals surface area (Å²) < 4.78 is 37.6. The Morgan fingerprint density at radius 2 is 1.84 bits per heavy atom. The lowest BCUT2D eigenvalue weighted by atomic mass is 10.0. The summed E-state index contributed by atoms with van der Waals surface area (Å²) in [6, 6.07) is 4.91. The molecule has 19 heavy (non-hydrogen) atoms. The molecule has 1 aromatic carbocycles. The van der Waals surface area contributed by atoms with Crippen LogP contribution in [0.25, 0.3) is 0 Å². The highest BCUT2D eigenvalue weighted by molar-refractivity contribution is 5.27. The topological polar surface area (TPSA) is 46.0 Å². The van der Waals surface area contributed by atoms with Crippen LogP contribution in [0, 0.1) is 0 Å². The Hall–Kier alpha value is -1.95. The van der Waals surface area contributed by atoms with E-state index in [2.05, 4.69) is 9.97 Å². The summed E-state index contributed by atoms with van der Waals surface area (Å²) >= 11 is 0. The molecule has 0 amide bonds. The predicted molar refractivity (Wildman–Crippen MR) is 62.1 cm³/mol. The highest BCUT2D eigenvalue weighted by atomic mass is 19.4. The molecule has 0 aliphatic heterocycles. The summed E-state index contributed by atoms with van der Waals surface area (Å²) in [5.74, 6) is 0. The van der Waals surface area contributed by atoms with E-state index in [9.17, 15) is 18.3 Å². The van der Waals surface area contributed by atoms with Crippen molar-refractivity contribution >= 4 is 0 Å². The molecule has 2 rings (SSSR count). The number of aliphatic hydroxyl groups excluding tert-OH is 1. The molecule has 1 heterocycles. The fourth-order valence-corrected chi connectivity index (χ4v) is 1.70. The van der Waals surface area contributed by atoms with E-state index in [-0.39, 0.29) is 6.42 Å². The van der Waals surface area contributed by atoms with Crippen LogP contribution in [0.4, 0.5) is 13.2 Å². The van der Waals surface area contributed by atoms with E-state index in [1.807, 2.05) is 0 Å². The third kappa shape index (κ3) is 3.51. The number of aliphatic hydroxyl groups is 1. The smallest absolute Gasteiger partial charge is 0.388 e. The van der Waals surface area contributed by atoms with Crippen LogP contribution in [0.2, 0.25) is 0 Å². The fraction of sp³-hybridized carbons (Fsp3) is 0.231. The van der Waals surface area contributed by atoms with Gasteiger partial charge in [0.05, 0.1) is 11.7 Å². The van der Waals surface area contributed by atoms with E-state index >= 15 is 0 Å². The quantitative estimate of drug-likeness (QED) is 0.931. The van der Waals surface area contributed by atoms with Gasteiger partial charge in [0.25, 0.3) is 0 Å². The van der Waals surface area contributed by atoms with Gasteiger partial charge in [-0.05, 0) is 11.6 Å². The molecule has 0 aliphatic carbocycles. The maximum absolute atomic E-state index is 12.5. The number of benzene rings is 1. The normalized spacial score (nSPS) is 13.3. The third-order valence-corrected chi connectivity index (χ3v) is 2.65. The van der Waals surface area contributed by atoms with Crippen LogP contribution in [0.3, 0.4) is 0 Å². The minimum Gasteiger partial charge on any atom is -0.388 e. The summed E-state index contributed by atoms with van der Waals surface area (Å²) in [6.45, 7) is 0. The SMILES string of the molecule is OC(Cc1cccc(C(F)(F)F)c1)c1cncnc1. The van der Waals surface area contributed by atoms with E-state index in [1.165, 1.54) is 24.8 Å². The van der Waals surface area contributed by atoms with Crippen molar-refractivity contribution in [3.8, 4) is 0 Å². The summed E-state index contributed by atoms with van der Waals surface area (Å²) in [4.78, 5) is 7.51. The van der Waals surface area contributed by atoms with E-state index in [4.69, 9.17) is 0 Å². The third-order valence-electron chi connectivity index (χ3n) is 2.65. The van der Waals surface area contributed by atoms with Crippen molar-refractivity contribution in [1.29, 1.82) is 0 Å². The lowest BCUT2D eigenvalue weighted by Crippen LogP contribution is -2.07. The first-order valence-electron chi connectivity index (χ1n) is 5.56. The van der Waals surface area contributed by atoms with Gasteiger partial charge >= 0.3 is 6.18 Å². The summed E-state index contributed by atoms with van der Waals surface area (Å²) in [6.07, 6.45) is -1.03. The van der Waals surface area contributed by atoms with Gasteiger partial charge in [-0.3, -0.25) is 0 Å². The Morgan fingerprint density at radius 3 is 2.47 bits per heavy atom. The zero-order valence-electron chi connectivity index (χ0n) is 9.80. The van der Waals surface area contributed by atoms with Crippen LogP contribution in [-0.2, 0) is 12.6 Å². The summed E-state index contributed by atoms with van der Waals surface area (Å²) in [7, 11) is 0. The first-order valence-corrected chi connectivity index (χ1v) is 5.56. The van der Waals surface area contributed by atoms with Gasteiger partial charge in [0, 0.05) is 24.4 Å². The number of hydrogen-bond acceptors (Lipinski definition) is 3. The van der Waals surface area contributed by atoms with Gasteiger partial charge in [-0.25, -0.2) is 9.97 Å². The largest absolute Gasteiger partial charge is 0.416 e. The lowest BCUT2D eigenvalue weighted by molar-refractivity contribution is -0.137. The van der Waals surface area contributed by atoms with Gasteiger partial charge in [-0.2, -0.15) is 13.2 Å². The molecule has 0 saturated carbocycles. The number of nitrogens with zero attached hydrogens (tertiary/aromatic N) is 2. The van der Waals surface area contributed by atoms with E-state index < -0.39 is 17.8 Å². The van der Waals surface area contributed by atoms with Gasteiger partial charge < -0.3 is 5.11 Å². The number of hydrogen-bond donors (Lipinski definition) is 1. The average Bonchev–Trinajstić information content (AvgIpc) is 2.39. The van der Waals surface area contributed by atoms with Gasteiger partial charge in [0.1, 0.15) is 6.33 Å². The second kappa shape index (κ2) is 5.36. The van der Waals surface area contributed by atoms with Crippen LogP contribution >= 0.6 is 0 Å². The number of alkyl halides is 3. The van der Waals surface area contributed by atoms with Crippen LogP contribution in [0.15, 0.2) is 43.0 Å². The van der Waals surface area contributed by atoms with Crippen molar-refractivity contribution in [3.63, 3.8) is 0 Å². The number of aromatic nitrogens is 2. The molecule has 0 aliphatic rings. The van der Waals surface area contributed by atoms with Crippen LogP contribution in [0.1, 0.15) is 22.8 Å². The summed E-state index contributed by atoms with van der Waals surface area (Å²) in [5, 5.41) is 9.91. The molecule has 3 nitrogen and oxygen atoms in total. The fourth-order valence-electron chi connectivity index (χ4n) is 1.70.